The van der Waals surface area contributed by atoms with Gasteiger partial charge in [-0.05, 0) is 48.9 Å². The summed E-state index contributed by atoms with van der Waals surface area (Å²) in [6.45, 7) is 7.21. The van der Waals surface area contributed by atoms with Gasteiger partial charge in [-0.25, -0.2) is 9.59 Å². The molecule has 4 rings (SSSR count). The van der Waals surface area contributed by atoms with Crippen molar-refractivity contribution < 1.29 is 34.1 Å². The van der Waals surface area contributed by atoms with Gasteiger partial charge in [-0.2, -0.15) is 0 Å². The number of amides is 3. The van der Waals surface area contributed by atoms with Gasteiger partial charge in [0.1, 0.15) is 23.7 Å². The third-order valence-electron chi connectivity index (χ3n) is 8.04. The molecule has 10 heteroatoms. The van der Waals surface area contributed by atoms with Crippen LogP contribution in [0.25, 0.3) is 0 Å². The number of rotatable bonds is 7. The number of carboxylic acid groups (broad SMARTS) is 1. The molecule has 4 aliphatic rings. The van der Waals surface area contributed by atoms with E-state index in [1.165, 1.54) is 11.3 Å². The Morgan fingerprint density at radius 3 is 2.29 bits per heavy atom. The molecule has 1 saturated heterocycles. The van der Waals surface area contributed by atoms with Crippen LogP contribution in [0, 0.1) is 23.2 Å². The second-order valence-electron chi connectivity index (χ2n) is 11.7. The van der Waals surface area contributed by atoms with Crippen LogP contribution in [-0.2, 0) is 19.1 Å². The number of nitrogens with one attached hydrogen (secondary N) is 2. The first-order valence-corrected chi connectivity index (χ1v) is 12.4. The van der Waals surface area contributed by atoms with E-state index < -0.39 is 53.0 Å². The first-order valence-electron chi connectivity index (χ1n) is 12.4. The lowest BCUT2D eigenvalue weighted by Gasteiger charge is -2.35. The Hall–Kier alpha value is -2.36. The Kier molecular flexibility index (Phi) is 6.33. The van der Waals surface area contributed by atoms with Crippen LogP contribution in [0.3, 0.4) is 0 Å². The second-order valence-corrected chi connectivity index (χ2v) is 11.7. The monoisotopic (exact) mass is 479 g/mol. The Morgan fingerprint density at radius 1 is 1.12 bits per heavy atom. The number of nitrogens with zero attached hydrogens (tertiary/aromatic N) is 1. The molecule has 7 atom stereocenters. The number of alkyl carbamates (subject to hydrolysis) is 1. The highest BCUT2D eigenvalue weighted by Gasteiger charge is 2.61. The van der Waals surface area contributed by atoms with Crippen molar-refractivity contribution in [1.29, 1.82) is 0 Å². The van der Waals surface area contributed by atoms with Gasteiger partial charge in [0.2, 0.25) is 11.8 Å². The summed E-state index contributed by atoms with van der Waals surface area (Å²) in [5.74, 6) is -1.05. The lowest BCUT2D eigenvalue weighted by molar-refractivity contribution is -0.146. The van der Waals surface area contributed by atoms with Gasteiger partial charge < -0.3 is 30.5 Å². The highest BCUT2D eigenvalue weighted by molar-refractivity contribution is 5.96. The molecule has 0 radical (unpaired) electrons. The minimum Gasteiger partial charge on any atom is -0.479 e. The van der Waals surface area contributed by atoms with Gasteiger partial charge in [0, 0.05) is 13.0 Å². The van der Waals surface area contributed by atoms with Crippen LogP contribution in [0.5, 0.6) is 0 Å². The molecule has 0 aromatic rings. The molecular weight excluding hydrogens is 442 g/mol. The molecule has 1 aliphatic heterocycles. The fourth-order valence-corrected chi connectivity index (χ4v) is 5.77. The molecule has 3 saturated carbocycles. The molecule has 5 unspecified atom stereocenters. The molecular formula is C24H37N3O7. The number of carbonyl (C=O) groups excluding carboxylic acids is 3. The molecule has 190 valence electrons. The summed E-state index contributed by atoms with van der Waals surface area (Å²) in [6, 6.07) is -1.99. The normalized spacial score (nSPS) is 36.9. The molecule has 3 amide bonds. The number of ether oxygens (including phenoxy) is 1. The molecule has 3 aliphatic carbocycles. The van der Waals surface area contributed by atoms with Crippen LogP contribution in [-0.4, -0.2) is 75.4 Å². The minimum atomic E-state index is -1.32. The van der Waals surface area contributed by atoms with E-state index in [2.05, 4.69) is 10.6 Å². The number of hydrogen-bond acceptors (Lipinski definition) is 6. The molecule has 34 heavy (non-hydrogen) atoms. The molecule has 4 fully saturated rings. The average molecular weight is 480 g/mol. The number of fused-ring (bicyclic) bond motifs is 1. The third-order valence-corrected chi connectivity index (χ3v) is 8.04. The van der Waals surface area contributed by atoms with Gasteiger partial charge in [-0.1, -0.05) is 34.1 Å². The summed E-state index contributed by atoms with van der Waals surface area (Å²) in [5.41, 5.74) is -2.00. The Bertz CT molecular complexity index is 861. The van der Waals surface area contributed by atoms with Crippen molar-refractivity contribution in [1.82, 2.24) is 15.5 Å². The largest absolute Gasteiger partial charge is 0.479 e. The fraction of sp³-hybridized carbons (Fsp3) is 0.833. The van der Waals surface area contributed by atoms with Crippen molar-refractivity contribution in [3.05, 3.63) is 0 Å². The van der Waals surface area contributed by atoms with E-state index in [0.29, 0.717) is 24.7 Å². The quantitative estimate of drug-likeness (QED) is 0.430. The Morgan fingerprint density at radius 2 is 1.76 bits per heavy atom. The summed E-state index contributed by atoms with van der Waals surface area (Å²) >= 11 is 0. The summed E-state index contributed by atoms with van der Waals surface area (Å²) in [4.78, 5) is 52.3. The average Bonchev–Trinajstić information content (AvgIpc) is 3.56. The number of aliphatic carboxylic acids is 1. The van der Waals surface area contributed by atoms with Crippen molar-refractivity contribution in [2.45, 2.75) is 96.1 Å². The first-order chi connectivity index (χ1) is 15.9. The van der Waals surface area contributed by atoms with E-state index >= 15 is 0 Å². The molecule has 0 aromatic carbocycles. The maximum Gasteiger partial charge on any atom is 0.408 e. The SMILES string of the molecule is CCC1CC1(NC(=O)C1C[C@@H](O)CN1C(=O)[C@@H](NC(=O)OC1CC2CC2C1)C(C)(C)C)C(=O)O. The number of carboxylic acids is 1. The van der Waals surface area contributed by atoms with Crippen molar-refractivity contribution in [3.63, 3.8) is 0 Å². The Labute approximate surface area is 199 Å². The van der Waals surface area contributed by atoms with Gasteiger partial charge in [-0.3, -0.25) is 9.59 Å². The van der Waals surface area contributed by atoms with Crippen molar-refractivity contribution in [3.8, 4) is 0 Å². The smallest absolute Gasteiger partial charge is 0.408 e. The molecule has 0 aromatic heterocycles. The zero-order chi connectivity index (χ0) is 25.0. The minimum absolute atomic E-state index is 0.0101. The van der Waals surface area contributed by atoms with Gasteiger partial charge >= 0.3 is 12.1 Å². The van der Waals surface area contributed by atoms with Crippen molar-refractivity contribution >= 4 is 23.9 Å². The van der Waals surface area contributed by atoms with Crippen LogP contribution in [0.1, 0.15) is 66.2 Å². The van der Waals surface area contributed by atoms with Gasteiger partial charge in [0.15, 0.2) is 0 Å². The summed E-state index contributed by atoms with van der Waals surface area (Å²) in [7, 11) is 0. The van der Waals surface area contributed by atoms with Crippen LogP contribution in [0.4, 0.5) is 4.79 Å². The number of hydrogen-bond donors (Lipinski definition) is 4. The number of β-amino-alcohol motifs (C(OH)–C–C–N with tert-alkyl or cyclic N) is 1. The molecule has 1 heterocycles. The maximum atomic E-state index is 13.6. The number of aliphatic hydroxyl groups excluding tert-OH is 1. The van der Waals surface area contributed by atoms with E-state index in [1.807, 2.05) is 6.92 Å². The molecule has 0 spiro atoms. The van der Waals surface area contributed by atoms with E-state index in [1.54, 1.807) is 20.8 Å². The topological polar surface area (TPSA) is 145 Å². The van der Waals surface area contributed by atoms with Gasteiger partial charge in [0.25, 0.3) is 0 Å². The van der Waals surface area contributed by atoms with E-state index in [9.17, 15) is 29.4 Å². The number of aliphatic hydroxyl groups is 1. The van der Waals surface area contributed by atoms with Crippen molar-refractivity contribution in [2.75, 3.05) is 6.54 Å². The van der Waals surface area contributed by atoms with E-state index in [4.69, 9.17) is 4.74 Å². The molecule has 4 N–H and O–H groups in total. The van der Waals surface area contributed by atoms with Gasteiger partial charge in [-0.15, -0.1) is 0 Å². The number of likely N-dealkylation sites (tertiary alicyclic amines) is 1. The number of carbonyl (C=O) groups is 4. The second kappa shape index (κ2) is 8.70. The Balaban J connectivity index is 1.44. The lowest BCUT2D eigenvalue weighted by atomic mass is 9.85. The van der Waals surface area contributed by atoms with Gasteiger partial charge in [0.05, 0.1) is 6.10 Å². The predicted octanol–water partition coefficient (Wildman–Crippen LogP) is 1.26. The standard InChI is InChI=1S/C24H37N3O7/c1-5-14-10-24(14,21(31)32)26-19(29)17-9-15(28)11-27(17)20(30)18(23(2,3)4)25-22(33)34-16-7-12-6-13(12)8-16/h12-18,28H,5-11H2,1-4H3,(H,25,33)(H,26,29)(H,31,32)/t12?,13?,14?,15-,16?,17?,18-,24?/m1/s1. The first kappa shape index (κ1) is 24.8. The molecule has 0 bridgehead atoms. The highest BCUT2D eigenvalue weighted by atomic mass is 16.6. The lowest BCUT2D eigenvalue weighted by Crippen LogP contribution is -2.59. The zero-order valence-electron chi connectivity index (χ0n) is 20.4. The molecule has 10 nitrogen and oxygen atoms in total. The van der Waals surface area contributed by atoms with Crippen LogP contribution < -0.4 is 10.6 Å². The van der Waals surface area contributed by atoms with Crippen LogP contribution >= 0.6 is 0 Å². The van der Waals surface area contributed by atoms with E-state index in [0.717, 1.165) is 12.8 Å². The van der Waals surface area contributed by atoms with E-state index in [-0.39, 0.29) is 25.0 Å². The fourth-order valence-electron chi connectivity index (χ4n) is 5.77. The summed E-state index contributed by atoms with van der Waals surface area (Å²) in [6.07, 6.45) is 2.17. The predicted molar refractivity (Wildman–Crippen MR) is 121 cm³/mol. The maximum absolute atomic E-state index is 13.6. The third kappa shape index (κ3) is 4.74. The summed E-state index contributed by atoms with van der Waals surface area (Å²) in [5, 5.41) is 25.3. The summed E-state index contributed by atoms with van der Waals surface area (Å²) < 4.78 is 5.56. The van der Waals surface area contributed by atoms with Crippen LogP contribution in [0.15, 0.2) is 0 Å². The van der Waals surface area contributed by atoms with Crippen molar-refractivity contribution in [2.24, 2.45) is 23.2 Å². The highest BCUT2D eigenvalue weighted by Crippen LogP contribution is 2.52. The van der Waals surface area contributed by atoms with Crippen LogP contribution in [0.2, 0.25) is 0 Å². The zero-order valence-corrected chi connectivity index (χ0v) is 20.4.